The number of pyridine rings is 1. The van der Waals surface area contributed by atoms with Crippen LogP contribution in [0.15, 0.2) is 29.4 Å². The van der Waals surface area contributed by atoms with Gasteiger partial charge in [-0.2, -0.15) is 4.31 Å². The molecule has 10 nitrogen and oxygen atoms in total. The van der Waals surface area contributed by atoms with Crippen LogP contribution in [0.5, 0.6) is 0 Å². The van der Waals surface area contributed by atoms with Crippen molar-refractivity contribution in [3.05, 3.63) is 24.5 Å². The first-order chi connectivity index (χ1) is 14.5. The normalized spacial score (nSPS) is 19.3. The molecule has 11 heteroatoms. The summed E-state index contributed by atoms with van der Waals surface area (Å²) in [4.78, 5) is 30.2. The summed E-state index contributed by atoms with van der Waals surface area (Å²) in [7, 11) is -3.54. The Morgan fingerprint density at radius 1 is 1.10 bits per heavy atom. The number of morpholine rings is 1. The number of carbonyl (C=O) groups is 2. The van der Waals surface area contributed by atoms with E-state index in [1.165, 1.54) is 22.8 Å². The molecule has 0 aromatic carbocycles. The highest BCUT2D eigenvalue weighted by Crippen LogP contribution is 2.22. The van der Waals surface area contributed by atoms with Crippen LogP contribution in [-0.2, 0) is 24.3 Å². The van der Waals surface area contributed by atoms with Crippen molar-refractivity contribution in [3.63, 3.8) is 0 Å². The second kappa shape index (κ2) is 10.8. The monoisotopic (exact) mass is 439 g/mol. The second-order valence-corrected chi connectivity index (χ2v) is 9.39. The summed E-state index contributed by atoms with van der Waals surface area (Å²) in [5, 5.41) is 5.30. The third-order valence-electron chi connectivity index (χ3n) is 5.42. The van der Waals surface area contributed by atoms with Crippen LogP contribution < -0.4 is 10.6 Å². The second-order valence-electron chi connectivity index (χ2n) is 7.46. The Morgan fingerprint density at radius 2 is 1.80 bits per heavy atom. The summed E-state index contributed by atoms with van der Waals surface area (Å²) >= 11 is 0. The fourth-order valence-corrected chi connectivity index (χ4v) is 4.99. The van der Waals surface area contributed by atoms with Crippen LogP contribution in [0.4, 0.5) is 0 Å². The Bertz CT molecular complexity index is 806. The largest absolute Gasteiger partial charge is 0.379 e. The molecule has 30 heavy (non-hydrogen) atoms. The van der Waals surface area contributed by atoms with Gasteiger partial charge in [0, 0.05) is 58.2 Å². The first kappa shape index (κ1) is 22.6. The van der Waals surface area contributed by atoms with E-state index in [0.717, 1.165) is 13.1 Å². The number of piperidine rings is 1. The van der Waals surface area contributed by atoms with Crippen molar-refractivity contribution < 1.29 is 22.7 Å². The molecule has 2 aliphatic heterocycles. The van der Waals surface area contributed by atoms with Crippen LogP contribution in [0.3, 0.4) is 0 Å². The first-order valence-corrected chi connectivity index (χ1v) is 11.7. The highest BCUT2D eigenvalue weighted by Gasteiger charge is 2.29. The number of sulfonamides is 1. The van der Waals surface area contributed by atoms with Gasteiger partial charge in [-0.15, -0.1) is 0 Å². The molecular formula is C19H29N5O5S. The summed E-state index contributed by atoms with van der Waals surface area (Å²) in [5.41, 5.74) is 0. The van der Waals surface area contributed by atoms with Crippen molar-refractivity contribution in [3.8, 4) is 0 Å². The number of nitrogens with zero attached hydrogens (tertiary/aromatic N) is 3. The molecule has 1 aromatic rings. The molecule has 0 saturated carbocycles. The van der Waals surface area contributed by atoms with Crippen molar-refractivity contribution in [1.82, 2.24) is 24.8 Å². The molecule has 2 N–H and O–H groups in total. The van der Waals surface area contributed by atoms with E-state index in [1.807, 2.05) is 0 Å². The number of aromatic nitrogens is 1. The highest BCUT2D eigenvalue weighted by atomic mass is 32.2. The van der Waals surface area contributed by atoms with Crippen molar-refractivity contribution in [1.29, 1.82) is 0 Å². The molecule has 0 bridgehead atoms. The fourth-order valence-electron chi connectivity index (χ4n) is 3.55. The summed E-state index contributed by atoms with van der Waals surface area (Å²) in [6, 6.07) is 3.13. The molecule has 0 aliphatic carbocycles. The van der Waals surface area contributed by atoms with Gasteiger partial charge in [-0.25, -0.2) is 8.42 Å². The van der Waals surface area contributed by atoms with Crippen LogP contribution in [0, 0.1) is 5.92 Å². The predicted molar refractivity (Wildman–Crippen MR) is 109 cm³/mol. The SMILES string of the molecule is O=C(NCCN1CCOCC1)C(=O)NCC1CCN(S(=O)(=O)c2cccnc2)CC1. The van der Waals surface area contributed by atoms with Crippen molar-refractivity contribution in [2.24, 2.45) is 5.92 Å². The Labute approximate surface area is 177 Å². The third-order valence-corrected chi connectivity index (χ3v) is 7.30. The Morgan fingerprint density at radius 3 is 2.47 bits per heavy atom. The smallest absolute Gasteiger partial charge is 0.309 e. The van der Waals surface area contributed by atoms with E-state index in [1.54, 1.807) is 6.07 Å². The molecule has 3 rings (SSSR count). The Hall–Kier alpha value is -2.08. The summed E-state index contributed by atoms with van der Waals surface area (Å²) in [6.45, 7) is 5.26. The summed E-state index contributed by atoms with van der Waals surface area (Å²) in [5.74, 6) is -1.15. The zero-order chi connectivity index (χ0) is 21.4. The molecular weight excluding hydrogens is 410 g/mol. The van der Waals surface area contributed by atoms with Gasteiger partial charge in [0.2, 0.25) is 10.0 Å². The number of nitrogens with one attached hydrogen (secondary N) is 2. The molecule has 0 radical (unpaired) electrons. The van der Waals surface area contributed by atoms with Gasteiger partial charge >= 0.3 is 11.8 Å². The maximum atomic E-state index is 12.6. The van der Waals surface area contributed by atoms with Gasteiger partial charge in [-0.3, -0.25) is 19.5 Å². The number of rotatable bonds is 7. The molecule has 2 fully saturated rings. The standard InChI is InChI=1S/C19H29N5O5S/c25-18(21-6-9-23-10-12-29-13-11-23)19(26)22-14-16-3-7-24(8-4-16)30(27,28)17-2-1-5-20-15-17/h1-2,5,15-16H,3-4,6-14H2,(H,21,25)(H,22,26). The summed E-state index contributed by atoms with van der Waals surface area (Å²) < 4.78 is 31.9. The highest BCUT2D eigenvalue weighted by molar-refractivity contribution is 7.89. The first-order valence-electron chi connectivity index (χ1n) is 10.2. The molecule has 2 saturated heterocycles. The molecule has 3 heterocycles. The minimum Gasteiger partial charge on any atom is -0.379 e. The minimum atomic E-state index is -3.54. The van der Waals surface area contributed by atoms with Crippen LogP contribution in [0.2, 0.25) is 0 Å². The molecule has 2 amide bonds. The Balaban J connectivity index is 1.34. The fraction of sp³-hybridized carbons (Fsp3) is 0.632. The lowest BCUT2D eigenvalue weighted by Crippen LogP contribution is -2.46. The van der Waals surface area contributed by atoms with E-state index >= 15 is 0 Å². The van der Waals surface area contributed by atoms with Gasteiger partial charge in [0.05, 0.1) is 13.2 Å². The van der Waals surface area contributed by atoms with E-state index in [-0.39, 0.29) is 10.8 Å². The minimum absolute atomic E-state index is 0.135. The van der Waals surface area contributed by atoms with Gasteiger partial charge in [-0.1, -0.05) is 0 Å². The van der Waals surface area contributed by atoms with Crippen LogP contribution >= 0.6 is 0 Å². The predicted octanol–water partition coefficient (Wildman–Crippen LogP) is -0.953. The average Bonchev–Trinajstić information content (AvgIpc) is 2.79. The van der Waals surface area contributed by atoms with Crippen LogP contribution in [-0.4, -0.2) is 93.4 Å². The van der Waals surface area contributed by atoms with Gasteiger partial charge in [0.1, 0.15) is 4.90 Å². The Kier molecular flexibility index (Phi) is 8.14. The van der Waals surface area contributed by atoms with Gasteiger partial charge in [-0.05, 0) is 30.9 Å². The van der Waals surface area contributed by atoms with Crippen molar-refractivity contribution >= 4 is 21.8 Å². The molecule has 1 aromatic heterocycles. The quantitative estimate of drug-likeness (QED) is 0.525. The van der Waals surface area contributed by atoms with Crippen LogP contribution in [0.1, 0.15) is 12.8 Å². The third kappa shape index (κ3) is 6.21. The van der Waals surface area contributed by atoms with E-state index in [9.17, 15) is 18.0 Å². The zero-order valence-corrected chi connectivity index (χ0v) is 17.8. The summed E-state index contributed by atoms with van der Waals surface area (Å²) in [6.07, 6.45) is 4.13. The molecule has 166 valence electrons. The molecule has 0 atom stereocenters. The van der Waals surface area contributed by atoms with Gasteiger partial charge in [0.15, 0.2) is 0 Å². The van der Waals surface area contributed by atoms with Crippen LogP contribution in [0.25, 0.3) is 0 Å². The number of amides is 2. The average molecular weight is 440 g/mol. The number of hydrogen-bond donors (Lipinski definition) is 2. The molecule has 2 aliphatic rings. The maximum Gasteiger partial charge on any atom is 0.309 e. The number of ether oxygens (including phenoxy) is 1. The van der Waals surface area contributed by atoms with Crippen molar-refractivity contribution in [2.45, 2.75) is 17.7 Å². The lowest BCUT2D eigenvalue weighted by Gasteiger charge is -2.31. The number of hydrogen-bond acceptors (Lipinski definition) is 7. The van der Waals surface area contributed by atoms with Crippen molar-refractivity contribution in [2.75, 3.05) is 59.0 Å². The van der Waals surface area contributed by atoms with E-state index in [2.05, 4.69) is 20.5 Å². The van der Waals surface area contributed by atoms with E-state index in [4.69, 9.17) is 4.74 Å². The van der Waals surface area contributed by atoms with E-state index < -0.39 is 21.8 Å². The van der Waals surface area contributed by atoms with Gasteiger partial charge < -0.3 is 15.4 Å². The topological polar surface area (TPSA) is 121 Å². The maximum absolute atomic E-state index is 12.6. The van der Waals surface area contributed by atoms with E-state index in [0.29, 0.717) is 58.8 Å². The zero-order valence-electron chi connectivity index (χ0n) is 17.0. The molecule has 0 spiro atoms. The lowest BCUT2D eigenvalue weighted by molar-refractivity contribution is -0.139. The van der Waals surface area contributed by atoms with Gasteiger partial charge in [0.25, 0.3) is 0 Å². The number of carbonyl (C=O) groups excluding carboxylic acids is 2. The molecule has 0 unspecified atom stereocenters. The lowest BCUT2D eigenvalue weighted by atomic mass is 9.98.